The molecule has 0 radical (unpaired) electrons. The molecule has 4 heteroatoms. The SMILES string of the molecule is Cc1ccc(NC(=O)N2Cc3cccnc3C2)cc1C. The van der Waals surface area contributed by atoms with E-state index in [0.29, 0.717) is 13.1 Å². The normalized spacial score (nSPS) is 13.2. The predicted molar refractivity (Wildman–Crippen MR) is 78.4 cm³/mol. The summed E-state index contributed by atoms with van der Waals surface area (Å²) in [7, 11) is 0. The Hall–Kier alpha value is -2.36. The number of carbonyl (C=O) groups is 1. The molecule has 0 saturated carbocycles. The van der Waals surface area contributed by atoms with E-state index in [4.69, 9.17) is 0 Å². The quantitative estimate of drug-likeness (QED) is 0.862. The minimum Gasteiger partial charge on any atom is -0.314 e. The molecule has 2 amide bonds. The Morgan fingerprint density at radius 2 is 2.05 bits per heavy atom. The topological polar surface area (TPSA) is 45.2 Å². The van der Waals surface area contributed by atoms with Crippen LogP contribution in [0.4, 0.5) is 10.5 Å². The second-order valence-electron chi connectivity index (χ2n) is 5.19. The molecule has 2 aromatic rings. The number of urea groups is 1. The molecule has 0 atom stereocenters. The van der Waals surface area contributed by atoms with Gasteiger partial charge in [-0.1, -0.05) is 12.1 Å². The van der Waals surface area contributed by atoms with E-state index in [9.17, 15) is 4.79 Å². The molecule has 0 saturated heterocycles. The number of benzene rings is 1. The highest BCUT2D eigenvalue weighted by atomic mass is 16.2. The average Bonchev–Trinajstić information content (AvgIpc) is 2.87. The number of aryl methyl sites for hydroxylation is 2. The highest BCUT2D eigenvalue weighted by Crippen LogP contribution is 2.21. The molecule has 4 nitrogen and oxygen atoms in total. The van der Waals surface area contributed by atoms with Crippen molar-refractivity contribution in [3.8, 4) is 0 Å². The van der Waals surface area contributed by atoms with E-state index < -0.39 is 0 Å². The average molecular weight is 267 g/mol. The lowest BCUT2D eigenvalue weighted by molar-refractivity contribution is 0.212. The highest BCUT2D eigenvalue weighted by molar-refractivity contribution is 5.89. The lowest BCUT2D eigenvalue weighted by atomic mass is 10.1. The number of rotatable bonds is 1. The fraction of sp³-hybridized carbons (Fsp3) is 0.250. The van der Waals surface area contributed by atoms with E-state index in [-0.39, 0.29) is 6.03 Å². The molecule has 1 aliphatic heterocycles. The van der Waals surface area contributed by atoms with Gasteiger partial charge in [-0.2, -0.15) is 0 Å². The molecule has 0 fully saturated rings. The van der Waals surface area contributed by atoms with Crippen LogP contribution in [0.25, 0.3) is 0 Å². The van der Waals surface area contributed by atoms with Crippen molar-refractivity contribution >= 4 is 11.7 Å². The summed E-state index contributed by atoms with van der Waals surface area (Å²) in [4.78, 5) is 18.3. The number of hydrogen-bond acceptors (Lipinski definition) is 2. The molecule has 102 valence electrons. The van der Waals surface area contributed by atoms with Crippen molar-refractivity contribution in [2.75, 3.05) is 5.32 Å². The van der Waals surface area contributed by atoms with Crippen LogP contribution in [-0.2, 0) is 13.1 Å². The van der Waals surface area contributed by atoms with Gasteiger partial charge in [-0.05, 0) is 48.7 Å². The van der Waals surface area contributed by atoms with Crippen molar-refractivity contribution in [1.29, 1.82) is 0 Å². The Morgan fingerprint density at radius 3 is 2.80 bits per heavy atom. The van der Waals surface area contributed by atoms with E-state index in [1.807, 2.05) is 37.3 Å². The molecule has 0 aliphatic carbocycles. The first-order chi connectivity index (χ1) is 9.63. The van der Waals surface area contributed by atoms with Crippen molar-refractivity contribution < 1.29 is 4.79 Å². The van der Waals surface area contributed by atoms with Crippen LogP contribution in [0, 0.1) is 13.8 Å². The number of amides is 2. The van der Waals surface area contributed by atoms with Gasteiger partial charge in [0.25, 0.3) is 0 Å². The van der Waals surface area contributed by atoms with Gasteiger partial charge in [0, 0.05) is 18.4 Å². The highest BCUT2D eigenvalue weighted by Gasteiger charge is 2.23. The maximum atomic E-state index is 12.3. The molecule has 0 spiro atoms. The third-order valence-electron chi connectivity index (χ3n) is 3.73. The van der Waals surface area contributed by atoms with Crippen LogP contribution < -0.4 is 5.32 Å². The van der Waals surface area contributed by atoms with Crippen molar-refractivity contribution in [2.24, 2.45) is 0 Å². The summed E-state index contributed by atoms with van der Waals surface area (Å²) >= 11 is 0. The summed E-state index contributed by atoms with van der Waals surface area (Å²) in [5.74, 6) is 0. The number of hydrogen-bond donors (Lipinski definition) is 1. The minimum atomic E-state index is -0.0775. The fourth-order valence-electron chi connectivity index (χ4n) is 2.37. The summed E-state index contributed by atoms with van der Waals surface area (Å²) in [6.45, 7) is 5.30. The number of aromatic nitrogens is 1. The smallest absolute Gasteiger partial charge is 0.314 e. The maximum absolute atomic E-state index is 12.3. The summed E-state index contributed by atoms with van der Waals surface area (Å²) in [5.41, 5.74) is 5.35. The van der Waals surface area contributed by atoms with Crippen LogP contribution in [-0.4, -0.2) is 15.9 Å². The van der Waals surface area contributed by atoms with Gasteiger partial charge in [0.1, 0.15) is 0 Å². The number of nitrogens with zero attached hydrogens (tertiary/aromatic N) is 2. The number of anilines is 1. The number of carbonyl (C=O) groups excluding carboxylic acids is 1. The number of pyridine rings is 1. The number of fused-ring (bicyclic) bond motifs is 1. The third kappa shape index (κ3) is 2.37. The second-order valence-corrected chi connectivity index (χ2v) is 5.19. The number of nitrogens with one attached hydrogen (secondary N) is 1. The molecule has 1 aromatic carbocycles. The van der Waals surface area contributed by atoms with Gasteiger partial charge < -0.3 is 10.2 Å². The second kappa shape index (κ2) is 4.96. The summed E-state index contributed by atoms with van der Waals surface area (Å²) in [6, 6.07) is 9.79. The van der Waals surface area contributed by atoms with Crippen LogP contribution in [0.3, 0.4) is 0 Å². The van der Waals surface area contributed by atoms with Crippen LogP contribution in [0.1, 0.15) is 22.4 Å². The molecule has 1 N–H and O–H groups in total. The summed E-state index contributed by atoms with van der Waals surface area (Å²) < 4.78 is 0. The van der Waals surface area contributed by atoms with Crippen molar-refractivity contribution in [3.63, 3.8) is 0 Å². The van der Waals surface area contributed by atoms with Crippen LogP contribution >= 0.6 is 0 Å². The van der Waals surface area contributed by atoms with Gasteiger partial charge in [-0.3, -0.25) is 4.98 Å². The lowest BCUT2D eigenvalue weighted by Crippen LogP contribution is -2.30. The molecule has 1 aliphatic rings. The predicted octanol–water partition coefficient (Wildman–Crippen LogP) is 3.25. The van der Waals surface area contributed by atoms with Crippen molar-refractivity contribution in [1.82, 2.24) is 9.88 Å². The Labute approximate surface area is 118 Å². The third-order valence-corrected chi connectivity index (χ3v) is 3.73. The van der Waals surface area contributed by atoms with E-state index in [2.05, 4.69) is 17.2 Å². The van der Waals surface area contributed by atoms with Gasteiger partial charge in [0.05, 0.1) is 12.2 Å². The molecule has 0 bridgehead atoms. The fourth-order valence-corrected chi connectivity index (χ4v) is 2.37. The lowest BCUT2D eigenvalue weighted by Gasteiger charge is -2.16. The molecule has 3 rings (SSSR count). The van der Waals surface area contributed by atoms with Crippen LogP contribution in [0.2, 0.25) is 0 Å². The summed E-state index contributed by atoms with van der Waals surface area (Å²) in [6.07, 6.45) is 1.77. The Bertz CT molecular complexity index is 642. The van der Waals surface area contributed by atoms with Gasteiger partial charge in [0.15, 0.2) is 0 Å². The standard InChI is InChI=1S/C16H17N3O/c1-11-5-6-14(8-12(11)2)18-16(20)19-9-13-4-3-7-17-15(13)10-19/h3-8H,9-10H2,1-2H3,(H,18,20). The first kappa shape index (κ1) is 12.7. The van der Waals surface area contributed by atoms with E-state index in [1.165, 1.54) is 11.1 Å². The molecule has 1 aromatic heterocycles. The Kier molecular flexibility index (Phi) is 3.14. The molecule has 2 heterocycles. The first-order valence-corrected chi connectivity index (χ1v) is 6.69. The van der Waals surface area contributed by atoms with Gasteiger partial charge in [-0.25, -0.2) is 4.79 Å². The molecule has 20 heavy (non-hydrogen) atoms. The van der Waals surface area contributed by atoms with E-state index >= 15 is 0 Å². The monoisotopic (exact) mass is 267 g/mol. The first-order valence-electron chi connectivity index (χ1n) is 6.69. The van der Waals surface area contributed by atoms with E-state index in [0.717, 1.165) is 16.9 Å². The molecular formula is C16H17N3O. The zero-order valence-electron chi connectivity index (χ0n) is 11.7. The zero-order valence-corrected chi connectivity index (χ0v) is 11.7. The van der Waals surface area contributed by atoms with Crippen LogP contribution in [0.5, 0.6) is 0 Å². The Balaban J connectivity index is 1.71. The molecule has 0 unspecified atom stereocenters. The van der Waals surface area contributed by atoms with Gasteiger partial charge in [0.2, 0.25) is 0 Å². The summed E-state index contributed by atoms with van der Waals surface area (Å²) in [5, 5.41) is 2.95. The van der Waals surface area contributed by atoms with Crippen molar-refractivity contribution in [2.45, 2.75) is 26.9 Å². The maximum Gasteiger partial charge on any atom is 0.322 e. The molecular weight excluding hydrogens is 250 g/mol. The van der Waals surface area contributed by atoms with Gasteiger partial charge in [-0.15, -0.1) is 0 Å². The van der Waals surface area contributed by atoms with E-state index in [1.54, 1.807) is 11.1 Å². The minimum absolute atomic E-state index is 0.0775. The Morgan fingerprint density at radius 1 is 1.20 bits per heavy atom. The van der Waals surface area contributed by atoms with Crippen LogP contribution in [0.15, 0.2) is 36.5 Å². The zero-order chi connectivity index (χ0) is 14.1. The largest absolute Gasteiger partial charge is 0.322 e. The van der Waals surface area contributed by atoms with Crippen molar-refractivity contribution in [3.05, 3.63) is 58.9 Å². The van der Waals surface area contributed by atoms with Gasteiger partial charge >= 0.3 is 6.03 Å².